The highest BCUT2D eigenvalue weighted by atomic mass is 32.1. The zero-order valence-electron chi connectivity index (χ0n) is 10.7. The third-order valence-corrected chi connectivity index (χ3v) is 4.05. The molecule has 1 aromatic rings. The molecule has 1 aromatic heterocycles. The lowest BCUT2D eigenvalue weighted by Gasteiger charge is -2.23. The van der Waals surface area contributed by atoms with E-state index in [1.54, 1.807) is 11.3 Å². The molecular formula is C13H20N2O2S. The molecule has 5 heteroatoms. The van der Waals surface area contributed by atoms with Crippen molar-refractivity contribution in [1.82, 2.24) is 10.6 Å². The van der Waals surface area contributed by atoms with E-state index in [1.165, 1.54) is 10.4 Å². The monoisotopic (exact) mass is 268 g/mol. The van der Waals surface area contributed by atoms with Gasteiger partial charge in [-0.2, -0.15) is 0 Å². The molecule has 1 fully saturated rings. The molecule has 0 bridgehead atoms. The van der Waals surface area contributed by atoms with E-state index >= 15 is 0 Å². The number of rotatable bonds is 5. The van der Waals surface area contributed by atoms with Gasteiger partial charge >= 0.3 is 0 Å². The number of amides is 1. The zero-order chi connectivity index (χ0) is 12.8. The maximum Gasteiger partial charge on any atom is 0.222 e. The van der Waals surface area contributed by atoms with Crippen molar-refractivity contribution < 1.29 is 9.53 Å². The fourth-order valence-corrected chi connectivity index (χ4v) is 2.96. The molecule has 2 N–H and O–H groups in total. The maximum atomic E-state index is 11.8. The van der Waals surface area contributed by atoms with Gasteiger partial charge in [-0.15, -0.1) is 11.3 Å². The lowest BCUT2D eigenvalue weighted by atomic mass is 10.2. The molecule has 1 amide bonds. The van der Waals surface area contributed by atoms with Gasteiger partial charge in [-0.05, 0) is 23.4 Å². The number of carbonyl (C=O) groups is 1. The second-order valence-electron chi connectivity index (χ2n) is 4.40. The summed E-state index contributed by atoms with van der Waals surface area (Å²) in [6.45, 7) is 5.12. The number of ether oxygens (including phenoxy) is 1. The first kappa shape index (κ1) is 13.5. The van der Waals surface area contributed by atoms with Crippen LogP contribution in [0, 0.1) is 0 Å². The number of nitrogens with one attached hydrogen (secondary N) is 2. The zero-order valence-corrected chi connectivity index (χ0v) is 11.5. The molecular weight excluding hydrogens is 248 g/mol. The van der Waals surface area contributed by atoms with Crippen molar-refractivity contribution in [3.8, 4) is 0 Å². The van der Waals surface area contributed by atoms with Crippen LogP contribution in [0.3, 0.4) is 0 Å². The van der Waals surface area contributed by atoms with Crippen molar-refractivity contribution in [3.05, 3.63) is 21.9 Å². The van der Waals surface area contributed by atoms with Crippen LogP contribution in [0.2, 0.25) is 0 Å². The normalized spacial score (nSPS) is 19.7. The van der Waals surface area contributed by atoms with Gasteiger partial charge in [0.15, 0.2) is 0 Å². The second-order valence-corrected chi connectivity index (χ2v) is 5.40. The number of thiophene rings is 1. The molecule has 100 valence electrons. The van der Waals surface area contributed by atoms with Crippen molar-refractivity contribution in [2.45, 2.75) is 32.4 Å². The predicted octanol–water partition coefficient (Wildman–Crippen LogP) is 1.31. The molecule has 1 saturated heterocycles. The van der Waals surface area contributed by atoms with Crippen LogP contribution in [0.4, 0.5) is 0 Å². The summed E-state index contributed by atoms with van der Waals surface area (Å²) in [5.74, 6) is 0.0687. The molecule has 0 aromatic carbocycles. The van der Waals surface area contributed by atoms with Gasteiger partial charge in [-0.3, -0.25) is 4.79 Å². The summed E-state index contributed by atoms with van der Waals surface area (Å²) in [5, 5.41) is 8.27. The van der Waals surface area contributed by atoms with E-state index in [0.29, 0.717) is 19.6 Å². The Bertz CT molecular complexity index is 386. The molecule has 4 nitrogen and oxygen atoms in total. The Morgan fingerprint density at radius 3 is 3.28 bits per heavy atom. The molecule has 1 aliphatic rings. The van der Waals surface area contributed by atoms with Crippen LogP contribution in [0.15, 0.2) is 11.4 Å². The number of aryl methyl sites for hydroxylation is 1. The summed E-state index contributed by atoms with van der Waals surface area (Å²) in [5.41, 5.74) is 1.33. The molecule has 0 spiro atoms. The van der Waals surface area contributed by atoms with E-state index in [1.807, 2.05) is 0 Å². The number of carbonyl (C=O) groups excluding carboxylic acids is 1. The Hall–Kier alpha value is -0.910. The first-order valence-electron chi connectivity index (χ1n) is 6.44. The van der Waals surface area contributed by atoms with Crippen LogP contribution < -0.4 is 10.6 Å². The molecule has 1 atom stereocenters. The van der Waals surface area contributed by atoms with Crippen LogP contribution in [0.5, 0.6) is 0 Å². The fourth-order valence-electron chi connectivity index (χ4n) is 2.05. The average Bonchev–Trinajstić information content (AvgIpc) is 2.85. The van der Waals surface area contributed by atoms with Gasteiger partial charge in [0.2, 0.25) is 5.91 Å². The lowest BCUT2D eigenvalue weighted by Crippen LogP contribution is -2.41. The van der Waals surface area contributed by atoms with Crippen LogP contribution in [0.25, 0.3) is 0 Å². The summed E-state index contributed by atoms with van der Waals surface area (Å²) in [6.07, 6.45) is 1.48. The molecule has 2 heterocycles. The minimum atomic E-state index is 0.0210. The van der Waals surface area contributed by atoms with Crippen molar-refractivity contribution in [2.75, 3.05) is 19.7 Å². The van der Waals surface area contributed by atoms with E-state index in [2.05, 4.69) is 29.0 Å². The highest BCUT2D eigenvalue weighted by molar-refractivity contribution is 7.10. The molecule has 0 radical (unpaired) electrons. The van der Waals surface area contributed by atoms with Crippen LogP contribution in [-0.4, -0.2) is 31.7 Å². The molecule has 0 aliphatic carbocycles. The summed E-state index contributed by atoms with van der Waals surface area (Å²) < 4.78 is 5.51. The predicted molar refractivity (Wildman–Crippen MR) is 72.8 cm³/mol. The van der Waals surface area contributed by atoms with Crippen molar-refractivity contribution in [1.29, 1.82) is 0 Å². The maximum absolute atomic E-state index is 11.8. The van der Waals surface area contributed by atoms with Gasteiger partial charge in [0, 0.05) is 18.0 Å². The van der Waals surface area contributed by atoms with E-state index in [4.69, 9.17) is 4.74 Å². The van der Waals surface area contributed by atoms with Gasteiger partial charge in [-0.1, -0.05) is 6.92 Å². The molecule has 1 aliphatic heterocycles. The van der Waals surface area contributed by atoms with Crippen LogP contribution in [0.1, 0.15) is 23.8 Å². The van der Waals surface area contributed by atoms with Crippen molar-refractivity contribution in [2.24, 2.45) is 0 Å². The van der Waals surface area contributed by atoms with Crippen molar-refractivity contribution in [3.63, 3.8) is 0 Å². The second kappa shape index (κ2) is 6.87. The third-order valence-electron chi connectivity index (χ3n) is 3.08. The highest BCUT2D eigenvalue weighted by Gasteiger charge is 2.17. The van der Waals surface area contributed by atoms with Gasteiger partial charge < -0.3 is 15.4 Å². The van der Waals surface area contributed by atoms with Crippen LogP contribution in [-0.2, 0) is 22.5 Å². The number of hydrogen-bond donors (Lipinski definition) is 2. The van der Waals surface area contributed by atoms with Gasteiger partial charge in [0.05, 0.1) is 25.7 Å². The molecule has 1 unspecified atom stereocenters. The van der Waals surface area contributed by atoms with Crippen LogP contribution >= 0.6 is 11.3 Å². The lowest BCUT2D eigenvalue weighted by molar-refractivity contribution is -0.124. The van der Waals surface area contributed by atoms with E-state index in [0.717, 1.165) is 19.5 Å². The fraction of sp³-hybridized carbons (Fsp3) is 0.615. The number of hydrogen-bond acceptors (Lipinski definition) is 4. The van der Waals surface area contributed by atoms with Gasteiger partial charge in [0.1, 0.15) is 0 Å². The minimum Gasteiger partial charge on any atom is -0.375 e. The first-order valence-corrected chi connectivity index (χ1v) is 7.31. The van der Waals surface area contributed by atoms with E-state index < -0.39 is 0 Å². The Morgan fingerprint density at radius 2 is 2.56 bits per heavy atom. The molecule has 2 rings (SSSR count). The minimum absolute atomic E-state index is 0.0210. The Kier molecular flexibility index (Phi) is 5.16. The Morgan fingerprint density at radius 1 is 1.67 bits per heavy atom. The largest absolute Gasteiger partial charge is 0.375 e. The summed E-state index contributed by atoms with van der Waals surface area (Å²) in [7, 11) is 0. The van der Waals surface area contributed by atoms with E-state index in [-0.39, 0.29) is 12.0 Å². The molecule has 0 saturated carbocycles. The highest BCUT2D eigenvalue weighted by Crippen LogP contribution is 2.17. The van der Waals surface area contributed by atoms with Gasteiger partial charge in [-0.25, -0.2) is 0 Å². The smallest absolute Gasteiger partial charge is 0.222 e. The number of morpholine rings is 1. The quantitative estimate of drug-likeness (QED) is 0.846. The topological polar surface area (TPSA) is 50.4 Å². The first-order chi connectivity index (χ1) is 8.79. The third kappa shape index (κ3) is 3.80. The standard InChI is InChI=1S/C13H20N2O2S/c1-2-10-3-6-18-12(10)9-15-13(16)7-11-8-14-4-5-17-11/h3,6,11,14H,2,4-5,7-9H2,1H3,(H,15,16). The average molecular weight is 268 g/mol. The Balaban J connectivity index is 1.74. The Labute approximate surface area is 112 Å². The molecule has 18 heavy (non-hydrogen) atoms. The van der Waals surface area contributed by atoms with E-state index in [9.17, 15) is 4.79 Å². The summed E-state index contributed by atoms with van der Waals surface area (Å²) >= 11 is 1.70. The summed E-state index contributed by atoms with van der Waals surface area (Å²) in [6, 6.07) is 2.13. The summed E-state index contributed by atoms with van der Waals surface area (Å²) in [4.78, 5) is 13.0. The SMILES string of the molecule is CCc1ccsc1CNC(=O)CC1CNCCO1. The van der Waals surface area contributed by atoms with Crippen molar-refractivity contribution >= 4 is 17.2 Å². The van der Waals surface area contributed by atoms with Gasteiger partial charge in [0.25, 0.3) is 0 Å².